The molecule has 0 radical (unpaired) electrons. The molecule has 2 aromatic carbocycles. The molecular weight excluding hydrogens is 288 g/mol. The molecular formula is C19H22N2O2. The van der Waals surface area contributed by atoms with Crippen LogP contribution in [-0.4, -0.2) is 24.6 Å². The molecule has 1 heterocycles. The molecule has 0 aromatic heterocycles. The molecule has 1 saturated heterocycles. The smallest absolute Gasteiger partial charge is 0.410 e. The monoisotopic (exact) mass is 310 g/mol. The Bertz CT molecular complexity index is 657. The SMILES string of the molecule is CNC(=O)Oc1cccc(C2CCCN2Cc2ccccc2)c1. The van der Waals surface area contributed by atoms with Crippen molar-refractivity contribution in [1.29, 1.82) is 0 Å². The maximum atomic E-state index is 11.4. The van der Waals surface area contributed by atoms with Gasteiger partial charge in [0.2, 0.25) is 0 Å². The van der Waals surface area contributed by atoms with E-state index in [4.69, 9.17) is 4.74 Å². The van der Waals surface area contributed by atoms with E-state index >= 15 is 0 Å². The van der Waals surface area contributed by atoms with Gasteiger partial charge in [-0.05, 0) is 42.6 Å². The zero-order valence-corrected chi connectivity index (χ0v) is 13.4. The van der Waals surface area contributed by atoms with Crippen LogP contribution in [0.25, 0.3) is 0 Å². The van der Waals surface area contributed by atoms with Crippen LogP contribution in [0.15, 0.2) is 54.6 Å². The summed E-state index contributed by atoms with van der Waals surface area (Å²) in [7, 11) is 1.56. The van der Waals surface area contributed by atoms with Crippen molar-refractivity contribution in [1.82, 2.24) is 10.2 Å². The first-order chi connectivity index (χ1) is 11.3. The molecule has 1 amide bonds. The number of ether oxygens (including phenoxy) is 1. The van der Waals surface area contributed by atoms with Gasteiger partial charge in [-0.2, -0.15) is 0 Å². The Morgan fingerprint density at radius 1 is 1.22 bits per heavy atom. The summed E-state index contributed by atoms with van der Waals surface area (Å²) < 4.78 is 5.25. The normalized spacial score (nSPS) is 17.9. The van der Waals surface area contributed by atoms with Gasteiger partial charge in [0, 0.05) is 19.6 Å². The average Bonchev–Trinajstić information content (AvgIpc) is 3.04. The van der Waals surface area contributed by atoms with E-state index in [1.54, 1.807) is 7.05 Å². The lowest BCUT2D eigenvalue weighted by atomic mass is 10.0. The third-order valence-corrected chi connectivity index (χ3v) is 4.25. The zero-order valence-electron chi connectivity index (χ0n) is 13.4. The first kappa shape index (κ1) is 15.6. The molecule has 1 fully saturated rings. The summed E-state index contributed by atoms with van der Waals surface area (Å²) in [5.74, 6) is 0.591. The molecule has 1 unspecified atom stereocenters. The lowest BCUT2D eigenvalue weighted by Gasteiger charge is -2.25. The lowest BCUT2D eigenvalue weighted by molar-refractivity contribution is 0.202. The van der Waals surface area contributed by atoms with Gasteiger partial charge in [0.05, 0.1) is 0 Å². The van der Waals surface area contributed by atoms with Crippen molar-refractivity contribution in [2.24, 2.45) is 0 Å². The van der Waals surface area contributed by atoms with E-state index in [1.807, 2.05) is 24.3 Å². The van der Waals surface area contributed by atoms with Crippen LogP contribution in [-0.2, 0) is 6.54 Å². The highest BCUT2D eigenvalue weighted by Gasteiger charge is 2.26. The first-order valence-electron chi connectivity index (χ1n) is 8.04. The summed E-state index contributed by atoms with van der Waals surface area (Å²) in [6.45, 7) is 2.05. The summed E-state index contributed by atoms with van der Waals surface area (Å²) in [5.41, 5.74) is 2.54. The number of carbonyl (C=O) groups excluding carboxylic acids is 1. The van der Waals surface area contributed by atoms with Crippen LogP contribution in [0, 0.1) is 0 Å². The largest absolute Gasteiger partial charge is 0.412 e. The Morgan fingerprint density at radius 3 is 2.83 bits per heavy atom. The molecule has 0 spiro atoms. The molecule has 3 rings (SSSR count). The predicted molar refractivity (Wildman–Crippen MR) is 90.4 cm³/mol. The van der Waals surface area contributed by atoms with Crippen molar-refractivity contribution in [3.8, 4) is 5.75 Å². The number of carbonyl (C=O) groups is 1. The molecule has 1 N–H and O–H groups in total. The Labute approximate surface area is 137 Å². The summed E-state index contributed by atoms with van der Waals surface area (Å²) >= 11 is 0. The fourth-order valence-corrected chi connectivity index (χ4v) is 3.15. The Kier molecular flexibility index (Phi) is 4.93. The average molecular weight is 310 g/mol. The molecule has 1 aliphatic rings. The molecule has 1 atom stereocenters. The van der Waals surface area contributed by atoms with Crippen molar-refractivity contribution < 1.29 is 9.53 Å². The Morgan fingerprint density at radius 2 is 2.04 bits per heavy atom. The van der Waals surface area contributed by atoms with Gasteiger partial charge >= 0.3 is 6.09 Å². The number of benzene rings is 2. The van der Waals surface area contributed by atoms with Gasteiger partial charge in [-0.3, -0.25) is 4.90 Å². The van der Waals surface area contributed by atoms with Crippen LogP contribution < -0.4 is 10.1 Å². The molecule has 23 heavy (non-hydrogen) atoms. The number of rotatable bonds is 4. The van der Waals surface area contributed by atoms with Gasteiger partial charge in [-0.25, -0.2) is 4.79 Å². The van der Waals surface area contributed by atoms with Crippen molar-refractivity contribution in [3.63, 3.8) is 0 Å². The standard InChI is InChI=1S/C19H22N2O2/c1-20-19(22)23-17-10-5-9-16(13-17)18-11-6-12-21(18)14-15-7-3-2-4-8-15/h2-5,7-10,13,18H,6,11-12,14H2,1H3,(H,20,22). The van der Waals surface area contributed by atoms with Crippen LogP contribution >= 0.6 is 0 Å². The lowest BCUT2D eigenvalue weighted by Crippen LogP contribution is -2.23. The summed E-state index contributed by atoms with van der Waals surface area (Å²) in [5, 5.41) is 2.47. The maximum absolute atomic E-state index is 11.4. The van der Waals surface area contributed by atoms with Crippen LogP contribution in [0.2, 0.25) is 0 Å². The minimum Gasteiger partial charge on any atom is -0.410 e. The van der Waals surface area contributed by atoms with Gasteiger partial charge in [0.1, 0.15) is 5.75 Å². The second-order valence-corrected chi connectivity index (χ2v) is 5.83. The highest BCUT2D eigenvalue weighted by molar-refractivity contribution is 5.69. The van der Waals surface area contributed by atoms with E-state index in [0.717, 1.165) is 19.5 Å². The van der Waals surface area contributed by atoms with E-state index in [1.165, 1.54) is 17.5 Å². The molecule has 2 aromatic rings. The summed E-state index contributed by atoms with van der Waals surface area (Å²) in [6, 6.07) is 18.8. The highest BCUT2D eigenvalue weighted by Crippen LogP contribution is 2.34. The summed E-state index contributed by atoms with van der Waals surface area (Å²) in [6.07, 6.45) is 1.89. The van der Waals surface area contributed by atoms with Gasteiger partial charge in [0.25, 0.3) is 0 Å². The van der Waals surface area contributed by atoms with Gasteiger partial charge in [0.15, 0.2) is 0 Å². The highest BCUT2D eigenvalue weighted by atomic mass is 16.5. The minimum atomic E-state index is -0.435. The molecule has 0 saturated carbocycles. The van der Waals surface area contributed by atoms with Crippen molar-refractivity contribution in [3.05, 3.63) is 65.7 Å². The van der Waals surface area contributed by atoms with Crippen LogP contribution in [0.1, 0.15) is 30.0 Å². The second kappa shape index (κ2) is 7.29. The quantitative estimate of drug-likeness (QED) is 0.935. The number of hydrogen-bond acceptors (Lipinski definition) is 3. The van der Waals surface area contributed by atoms with Crippen LogP contribution in [0.3, 0.4) is 0 Å². The summed E-state index contributed by atoms with van der Waals surface area (Å²) in [4.78, 5) is 13.9. The third kappa shape index (κ3) is 3.90. The fourth-order valence-electron chi connectivity index (χ4n) is 3.15. The molecule has 0 bridgehead atoms. The molecule has 120 valence electrons. The second-order valence-electron chi connectivity index (χ2n) is 5.83. The number of likely N-dealkylation sites (tertiary alicyclic amines) is 1. The number of amides is 1. The topological polar surface area (TPSA) is 41.6 Å². The predicted octanol–water partition coefficient (Wildman–Crippen LogP) is 3.74. The van der Waals surface area contributed by atoms with Crippen molar-refractivity contribution in [2.45, 2.75) is 25.4 Å². The zero-order chi connectivity index (χ0) is 16.1. The minimum absolute atomic E-state index is 0.378. The fraction of sp³-hybridized carbons (Fsp3) is 0.316. The van der Waals surface area contributed by atoms with E-state index in [2.05, 4.69) is 40.5 Å². The number of hydrogen-bond donors (Lipinski definition) is 1. The van der Waals surface area contributed by atoms with Crippen LogP contribution in [0.4, 0.5) is 4.79 Å². The molecule has 0 aliphatic carbocycles. The maximum Gasteiger partial charge on any atom is 0.412 e. The van der Waals surface area contributed by atoms with Gasteiger partial charge < -0.3 is 10.1 Å². The molecule has 4 nitrogen and oxygen atoms in total. The molecule has 1 aliphatic heterocycles. The number of nitrogens with one attached hydrogen (secondary N) is 1. The van der Waals surface area contributed by atoms with Crippen LogP contribution in [0.5, 0.6) is 5.75 Å². The van der Waals surface area contributed by atoms with E-state index in [-0.39, 0.29) is 0 Å². The van der Waals surface area contributed by atoms with E-state index < -0.39 is 6.09 Å². The third-order valence-electron chi connectivity index (χ3n) is 4.25. The Hall–Kier alpha value is -2.33. The first-order valence-corrected chi connectivity index (χ1v) is 8.04. The molecule has 4 heteroatoms. The van der Waals surface area contributed by atoms with E-state index in [9.17, 15) is 4.79 Å². The number of nitrogens with zero attached hydrogens (tertiary/aromatic N) is 1. The van der Waals surface area contributed by atoms with Gasteiger partial charge in [-0.1, -0.05) is 42.5 Å². The van der Waals surface area contributed by atoms with Crippen molar-refractivity contribution in [2.75, 3.05) is 13.6 Å². The van der Waals surface area contributed by atoms with E-state index in [0.29, 0.717) is 11.8 Å². The Balaban J connectivity index is 1.74. The van der Waals surface area contributed by atoms with Gasteiger partial charge in [-0.15, -0.1) is 0 Å². The van der Waals surface area contributed by atoms with Crippen molar-refractivity contribution >= 4 is 6.09 Å².